The van der Waals surface area contributed by atoms with Gasteiger partial charge in [-0.3, -0.25) is 4.99 Å². The van der Waals surface area contributed by atoms with Gasteiger partial charge in [-0.2, -0.15) is 0 Å². The summed E-state index contributed by atoms with van der Waals surface area (Å²) in [5, 5.41) is 6.16. The second kappa shape index (κ2) is 11.4. The summed E-state index contributed by atoms with van der Waals surface area (Å²) in [5.41, 5.74) is 0. The van der Waals surface area contributed by atoms with Crippen molar-refractivity contribution in [1.29, 1.82) is 0 Å². The van der Waals surface area contributed by atoms with E-state index in [9.17, 15) is 12.8 Å². The first-order valence-electron chi connectivity index (χ1n) is 10.2. The molecule has 158 valence electrons. The fraction of sp³-hybridized carbons (Fsp3) is 0.650. The lowest BCUT2D eigenvalue weighted by atomic mass is 10.0. The lowest BCUT2D eigenvalue weighted by Crippen LogP contribution is -2.40. The van der Waals surface area contributed by atoms with Gasteiger partial charge < -0.3 is 15.5 Å². The third kappa shape index (κ3) is 7.05. The third-order valence-corrected chi connectivity index (χ3v) is 6.74. The Labute approximate surface area is 168 Å². The minimum Gasteiger partial charge on any atom is -0.357 e. The molecule has 1 atom stereocenters. The smallest absolute Gasteiger partial charge is 0.191 e. The van der Waals surface area contributed by atoms with Crippen molar-refractivity contribution in [2.24, 2.45) is 4.99 Å². The molecule has 28 heavy (non-hydrogen) atoms. The average Bonchev–Trinajstić information content (AvgIpc) is 2.66. The summed E-state index contributed by atoms with van der Waals surface area (Å²) in [5.74, 6) is -0.308. The number of hydrogen-bond donors (Lipinski definition) is 2. The SMILES string of the molecule is CCNC(=NCCCN1CCCCC1C)NCCS(=O)(=O)c1ccccc1F. The lowest BCUT2D eigenvalue weighted by molar-refractivity contribution is 0.160. The number of benzene rings is 1. The molecule has 0 saturated carbocycles. The quantitative estimate of drug-likeness (QED) is 0.370. The zero-order valence-corrected chi connectivity index (χ0v) is 17.8. The van der Waals surface area contributed by atoms with Gasteiger partial charge in [0.2, 0.25) is 0 Å². The van der Waals surface area contributed by atoms with Crippen LogP contribution in [0.2, 0.25) is 0 Å². The van der Waals surface area contributed by atoms with Crippen molar-refractivity contribution < 1.29 is 12.8 Å². The molecule has 1 aliphatic heterocycles. The maximum Gasteiger partial charge on any atom is 0.191 e. The second-order valence-corrected chi connectivity index (χ2v) is 9.25. The van der Waals surface area contributed by atoms with Crippen LogP contribution in [-0.4, -0.2) is 63.8 Å². The van der Waals surface area contributed by atoms with Crippen molar-refractivity contribution in [3.8, 4) is 0 Å². The molecule has 1 unspecified atom stereocenters. The Morgan fingerprint density at radius 3 is 2.79 bits per heavy atom. The molecule has 2 N–H and O–H groups in total. The molecule has 1 aromatic rings. The molecule has 0 aromatic heterocycles. The van der Waals surface area contributed by atoms with Gasteiger partial charge in [-0.25, -0.2) is 12.8 Å². The maximum absolute atomic E-state index is 13.7. The molecule has 1 heterocycles. The monoisotopic (exact) mass is 412 g/mol. The number of nitrogens with zero attached hydrogens (tertiary/aromatic N) is 2. The van der Waals surface area contributed by atoms with Gasteiger partial charge in [-0.1, -0.05) is 18.6 Å². The molecular weight excluding hydrogens is 379 g/mol. The van der Waals surface area contributed by atoms with Crippen LogP contribution in [0.3, 0.4) is 0 Å². The Kier molecular flexibility index (Phi) is 9.18. The van der Waals surface area contributed by atoms with Gasteiger partial charge in [-0.05, 0) is 51.8 Å². The summed E-state index contributed by atoms with van der Waals surface area (Å²) in [7, 11) is -3.67. The zero-order valence-electron chi connectivity index (χ0n) is 17.0. The average molecular weight is 413 g/mol. The van der Waals surface area contributed by atoms with Gasteiger partial charge in [0.25, 0.3) is 0 Å². The molecule has 0 bridgehead atoms. The number of nitrogens with one attached hydrogen (secondary N) is 2. The number of rotatable bonds is 9. The molecule has 1 aromatic carbocycles. The van der Waals surface area contributed by atoms with E-state index < -0.39 is 15.7 Å². The molecule has 1 aliphatic rings. The standard InChI is InChI=1S/C20H33FN4O2S/c1-3-22-20(23-12-8-15-25-14-7-6-9-17(25)2)24-13-16-28(26,27)19-11-5-4-10-18(19)21/h4-5,10-11,17H,3,6-9,12-16H2,1-2H3,(H2,22,23,24). The van der Waals surface area contributed by atoms with Gasteiger partial charge in [0.1, 0.15) is 10.7 Å². The summed E-state index contributed by atoms with van der Waals surface area (Å²) < 4.78 is 38.4. The molecule has 0 spiro atoms. The van der Waals surface area contributed by atoms with Crippen LogP contribution in [0.1, 0.15) is 39.5 Å². The predicted molar refractivity (Wildman–Crippen MR) is 112 cm³/mol. The van der Waals surface area contributed by atoms with Gasteiger partial charge in [0.15, 0.2) is 15.8 Å². The van der Waals surface area contributed by atoms with Gasteiger partial charge in [0, 0.05) is 32.2 Å². The van der Waals surface area contributed by atoms with Crippen LogP contribution in [0.4, 0.5) is 4.39 Å². The number of guanidine groups is 1. The highest BCUT2D eigenvalue weighted by Gasteiger charge is 2.19. The first-order valence-corrected chi connectivity index (χ1v) is 11.8. The first kappa shape index (κ1) is 22.6. The van der Waals surface area contributed by atoms with Crippen molar-refractivity contribution in [1.82, 2.24) is 15.5 Å². The highest BCUT2D eigenvalue weighted by Crippen LogP contribution is 2.16. The fourth-order valence-corrected chi connectivity index (χ4v) is 4.65. The number of likely N-dealkylation sites (tertiary alicyclic amines) is 1. The minimum absolute atomic E-state index is 0.172. The molecule has 0 radical (unpaired) electrons. The van der Waals surface area contributed by atoms with E-state index in [2.05, 4.69) is 27.4 Å². The van der Waals surface area contributed by atoms with Gasteiger partial charge in [0.05, 0.1) is 5.75 Å². The van der Waals surface area contributed by atoms with Crippen molar-refractivity contribution in [2.45, 2.75) is 50.5 Å². The predicted octanol–water partition coefficient (Wildman–Crippen LogP) is 2.42. The van der Waals surface area contributed by atoms with Crippen LogP contribution in [0, 0.1) is 5.82 Å². The molecule has 8 heteroatoms. The Bertz CT molecular complexity index is 739. The van der Waals surface area contributed by atoms with Gasteiger partial charge >= 0.3 is 0 Å². The zero-order chi connectivity index (χ0) is 20.4. The van der Waals surface area contributed by atoms with Crippen LogP contribution in [0.15, 0.2) is 34.2 Å². The maximum atomic E-state index is 13.7. The minimum atomic E-state index is -3.67. The summed E-state index contributed by atoms with van der Waals surface area (Å²) in [6.07, 6.45) is 4.83. The Balaban J connectivity index is 1.80. The highest BCUT2D eigenvalue weighted by atomic mass is 32.2. The topological polar surface area (TPSA) is 73.8 Å². The molecular formula is C20H33FN4O2S. The summed E-state index contributed by atoms with van der Waals surface area (Å²) in [6, 6.07) is 6.11. The van der Waals surface area contributed by atoms with E-state index in [1.54, 1.807) is 0 Å². The van der Waals surface area contributed by atoms with E-state index >= 15 is 0 Å². The summed E-state index contributed by atoms with van der Waals surface area (Å²) in [4.78, 5) is 6.79. The van der Waals surface area contributed by atoms with Crippen LogP contribution in [-0.2, 0) is 9.84 Å². The van der Waals surface area contributed by atoms with E-state index in [0.717, 1.165) is 25.6 Å². The van der Waals surface area contributed by atoms with Crippen molar-refractivity contribution in [3.63, 3.8) is 0 Å². The third-order valence-electron chi connectivity index (χ3n) is 4.99. The summed E-state index contributed by atoms with van der Waals surface area (Å²) in [6.45, 7) is 7.98. The van der Waals surface area contributed by atoms with Gasteiger partial charge in [-0.15, -0.1) is 0 Å². The Morgan fingerprint density at radius 2 is 2.07 bits per heavy atom. The lowest BCUT2D eigenvalue weighted by Gasteiger charge is -2.33. The first-order chi connectivity index (χ1) is 13.4. The van der Waals surface area contributed by atoms with Crippen molar-refractivity contribution >= 4 is 15.8 Å². The molecule has 2 rings (SSSR count). The number of aliphatic imine (C=N–C) groups is 1. The Morgan fingerprint density at radius 1 is 1.29 bits per heavy atom. The number of halogens is 1. The molecule has 6 nitrogen and oxygen atoms in total. The fourth-order valence-electron chi connectivity index (χ4n) is 3.41. The molecule has 1 fully saturated rings. The van der Waals surface area contributed by atoms with E-state index in [1.807, 2.05) is 6.92 Å². The number of hydrogen-bond acceptors (Lipinski definition) is 4. The number of sulfone groups is 1. The van der Waals surface area contributed by atoms with Crippen molar-refractivity contribution in [2.75, 3.05) is 38.5 Å². The highest BCUT2D eigenvalue weighted by molar-refractivity contribution is 7.91. The molecule has 0 amide bonds. The largest absolute Gasteiger partial charge is 0.357 e. The number of piperidine rings is 1. The van der Waals surface area contributed by atoms with Crippen LogP contribution in [0.25, 0.3) is 0 Å². The van der Waals surface area contributed by atoms with E-state index in [4.69, 9.17) is 0 Å². The molecule has 1 saturated heterocycles. The molecule has 0 aliphatic carbocycles. The van der Waals surface area contributed by atoms with E-state index in [0.29, 0.717) is 25.1 Å². The Hall–Kier alpha value is -1.67. The summed E-state index contributed by atoms with van der Waals surface area (Å²) >= 11 is 0. The van der Waals surface area contributed by atoms with E-state index in [1.165, 1.54) is 37.5 Å². The van der Waals surface area contributed by atoms with Crippen LogP contribution in [0.5, 0.6) is 0 Å². The second-order valence-electron chi connectivity index (χ2n) is 7.17. The normalized spacial score (nSPS) is 18.8. The van der Waals surface area contributed by atoms with E-state index in [-0.39, 0.29) is 17.2 Å². The van der Waals surface area contributed by atoms with Crippen molar-refractivity contribution in [3.05, 3.63) is 30.1 Å². The van der Waals surface area contributed by atoms with Crippen LogP contribution >= 0.6 is 0 Å². The van der Waals surface area contributed by atoms with Crippen LogP contribution < -0.4 is 10.6 Å².